The normalized spacial score (nSPS) is 12.3. The molecule has 0 fully saturated rings. The molecule has 42 heteroatoms. The van der Waals surface area contributed by atoms with Crippen molar-refractivity contribution in [3.05, 3.63) is 132 Å². The molecule has 0 unspecified atom stereocenters. The van der Waals surface area contributed by atoms with Crippen molar-refractivity contribution >= 4 is 52.8 Å². The van der Waals surface area contributed by atoms with Gasteiger partial charge in [0, 0.05) is 204 Å². The molecule has 0 amide bonds. The summed E-state index contributed by atoms with van der Waals surface area (Å²) >= 11 is 0. The highest BCUT2D eigenvalue weighted by atomic mass is 28.4. The van der Waals surface area contributed by atoms with E-state index in [0.29, 0.717) is 0 Å². The number of nitrogens with zero attached hydrogens (tertiary/aromatic N) is 9. The quantitative estimate of drug-likeness (QED) is 0.0413. The van der Waals surface area contributed by atoms with Gasteiger partial charge >= 0.3 is 104 Å². The summed E-state index contributed by atoms with van der Waals surface area (Å²) in [6.45, 7) is 10.1. The van der Waals surface area contributed by atoms with Crippen LogP contribution in [0.4, 0.5) is 0 Å². The molecule has 0 spiro atoms. The topological polar surface area (TPSA) is 364 Å². The van der Waals surface area contributed by atoms with Gasteiger partial charge in [-0.2, -0.15) is 0 Å². The number of hydrogen-bond acceptors (Lipinski definition) is 27. The second-order valence-electron chi connectivity index (χ2n) is 18.4. The van der Waals surface area contributed by atoms with Gasteiger partial charge in [0.15, 0.2) is 0 Å². The number of aromatic nitrogens is 9. The summed E-state index contributed by atoms with van der Waals surface area (Å²) in [7, 11) is 7.32. The van der Waals surface area contributed by atoms with Crippen LogP contribution < -0.4 is 51.2 Å². The molecule has 3 aromatic rings. The Kier molecular flexibility index (Phi) is 36.5. The van der Waals surface area contributed by atoms with E-state index in [2.05, 4.69) is 19.7 Å². The molecule has 0 aromatic carbocycles. The Hall–Kier alpha value is -4.97. The average Bonchev–Trinajstić information content (AvgIpc) is 0.913. The molecule has 36 nitrogen and oxygen atoms in total. The lowest BCUT2D eigenvalue weighted by Gasteiger charge is -2.26. The van der Waals surface area contributed by atoms with Crippen LogP contribution in [0.5, 0.6) is 0 Å². The zero-order valence-electron chi connectivity index (χ0n) is 55.0. The fourth-order valence-corrected chi connectivity index (χ4v) is 18.5. The van der Waals surface area contributed by atoms with E-state index in [1.54, 1.807) is 0 Å². The van der Waals surface area contributed by atoms with Crippen LogP contribution in [-0.4, -0.2) is 222 Å². The van der Waals surface area contributed by atoms with Gasteiger partial charge in [0.05, 0.1) is 19.6 Å². The second kappa shape index (κ2) is 39.5. The molecule has 0 aliphatic rings. The lowest BCUT2D eigenvalue weighted by Crippen LogP contribution is -2.57. The summed E-state index contributed by atoms with van der Waals surface area (Å²) in [5.74, 6) is 0. The van der Waals surface area contributed by atoms with E-state index in [-0.39, 0.29) is 95.2 Å². The Morgan fingerprint density at radius 3 is 0.422 bits per heavy atom. The molecule has 3 aromatic heterocycles. The predicted octanol–water partition coefficient (Wildman–Crippen LogP) is -2.66. The zero-order chi connectivity index (χ0) is 68.8. The molecule has 0 N–H and O–H groups in total. The van der Waals surface area contributed by atoms with Crippen LogP contribution in [0.15, 0.2) is 81.1 Å². The highest BCUT2D eigenvalue weighted by Crippen LogP contribution is 2.18. The molecule has 3 rings (SSSR count). The Balaban J connectivity index is 0.000000689. The summed E-state index contributed by atoms with van der Waals surface area (Å²) in [4.78, 5) is 116. The van der Waals surface area contributed by atoms with Gasteiger partial charge in [-0.1, -0.05) is 18.2 Å². The summed E-state index contributed by atoms with van der Waals surface area (Å²) in [5, 5.41) is 0. The van der Waals surface area contributed by atoms with Crippen molar-refractivity contribution in [1.29, 1.82) is 0 Å². The lowest BCUT2D eigenvalue weighted by atomic mass is 10.5. The first-order valence-corrected chi connectivity index (χ1v) is 38.9. The second-order valence-corrected chi connectivity index (χ2v) is 37.0. The van der Waals surface area contributed by atoms with E-state index in [0.717, 1.165) is 41.1 Å². The van der Waals surface area contributed by atoms with Gasteiger partial charge in [-0.05, 0) is 0 Å². The first kappa shape index (κ1) is 83.0. The third kappa shape index (κ3) is 20.3. The molecule has 0 atom stereocenters. The molecule has 516 valence electrons. The lowest BCUT2D eigenvalue weighted by molar-refractivity contribution is 0.120. The van der Waals surface area contributed by atoms with Crippen molar-refractivity contribution < 1.29 is 79.7 Å². The monoisotopic (exact) mass is 1400 g/mol. The average molecular weight is 1400 g/mol. The van der Waals surface area contributed by atoms with Gasteiger partial charge in [0.25, 0.3) is 0 Å². The van der Waals surface area contributed by atoms with E-state index < -0.39 is 104 Å². The molecule has 0 aliphatic heterocycles. The standard InChI is InChI=1S/C18H39N3O12Si3.C16H31N3O9Si2.C14H23N3O6Si/c1-25-34(26-2,27-3)13-10-19-16(22)20(11-14-35(28-4,29-5)30-6)18(24)21(17(19)23)12-15-36(31-7,32-8)33-9;1-8-9-17-14(20)18(10-12-29(23-2,24-3)25-4)16(22)19(15(17)21)11-13-30(26-5,27-6)28-7;1-6-8-15-12(18)16(9-7-2)14(20)17(13(15)19)10-11-24(21-3,22-4)23-5/h10-15H2,1-9H3;8H,1,9-13H2,2-7H3;6-7H,1-2,8-11H2,3-5H3. The maximum Gasteiger partial charge on any atom is 0.501 e. The van der Waals surface area contributed by atoms with Crippen molar-refractivity contribution in [3.8, 4) is 0 Å². The first-order valence-electron chi connectivity index (χ1n) is 27.3. The van der Waals surface area contributed by atoms with Crippen LogP contribution in [0.2, 0.25) is 36.3 Å². The summed E-state index contributed by atoms with van der Waals surface area (Å²) < 4.78 is 105. The van der Waals surface area contributed by atoms with Crippen molar-refractivity contribution in [2.45, 2.75) is 95.2 Å². The number of rotatable bonds is 42. The van der Waals surface area contributed by atoms with Gasteiger partial charge in [-0.3, -0.25) is 0 Å². The summed E-state index contributed by atoms with van der Waals surface area (Å²) in [6, 6.07) is 0.860. The highest BCUT2D eigenvalue weighted by Gasteiger charge is 2.43. The Morgan fingerprint density at radius 1 is 0.222 bits per heavy atom. The molecule has 0 bridgehead atoms. The van der Waals surface area contributed by atoms with Crippen LogP contribution in [0.3, 0.4) is 0 Å². The van der Waals surface area contributed by atoms with Gasteiger partial charge in [-0.15, -0.1) is 19.7 Å². The van der Waals surface area contributed by atoms with Crippen molar-refractivity contribution in [1.82, 2.24) is 41.1 Å². The maximum atomic E-state index is 13.3. The molecule has 0 saturated carbocycles. The van der Waals surface area contributed by atoms with E-state index in [1.807, 2.05) is 0 Å². The van der Waals surface area contributed by atoms with Crippen molar-refractivity contribution in [3.63, 3.8) is 0 Å². The Labute approximate surface area is 527 Å². The fourth-order valence-electron chi connectivity index (χ4n) is 8.88. The molecule has 90 heavy (non-hydrogen) atoms. The highest BCUT2D eigenvalue weighted by molar-refractivity contribution is 6.62. The van der Waals surface area contributed by atoms with Crippen LogP contribution >= 0.6 is 0 Å². The van der Waals surface area contributed by atoms with Gasteiger partial charge in [0.2, 0.25) is 0 Å². The van der Waals surface area contributed by atoms with E-state index in [9.17, 15) is 43.2 Å². The van der Waals surface area contributed by atoms with Crippen molar-refractivity contribution in [2.24, 2.45) is 0 Å². The van der Waals surface area contributed by atoms with E-state index in [4.69, 9.17) is 79.7 Å². The fraction of sp³-hybridized carbons (Fsp3) is 0.688. The van der Waals surface area contributed by atoms with Crippen LogP contribution in [0, 0.1) is 0 Å². The SMILES string of the molecule is C=CCn1c(=O)n(CC=C)c(=O)n(CC[Si](OC)(OC)OC)c1=O.C=CCn1c(=O)n(CC[Si](OC)(OC)OC)c(=O)n(CC[Si](OC)(OC)OC)c1=O.CO[Si](CCn1c(=O)n(CC[Si](OC)(OC)OC)c(=O)n(CC[Si](OC)(OC)OC)c1=O)(OC)OC. The molecular formula is C48H93N9O27Si6. The van der Waals surface area contributed by atoms with E-state index in [1.165, 1.54) is 146 Å². The van der Waals surface area contributed by atoms with Gasteiger partial charge in [0.1, 0.15) is 0 Å². The smallest absolute Gasteiger partial charge is 0.377 e. The first-order chi connectivity index (χ1) is 42.7. The molecule has 0 saturated heterocycles. The van der Waals surface area contributed by atoms with Crippen molar-refractivity contribution in [2.75, 3.05) is 128 Å². The van der Waals surface area contributed by atoms with Crippen LogP contribution in [0.25, 0.3) is 0 Å². The maximum absolute atomic E-state index is 13.3. The third-order valence-electron chi connectivity index (χ3n) is 14.5. The van der Waals surface area contributed by atoms with Crippen LogP contribution in [-0.2, 0) is 139 Å². The Morgan fingerprint density at radius 2 is 0.322 bits per heavy atom. The van der Waals surface area contributed by atoms with Gasteiger partial charge in [-0.25, -0.2) is 84.3 Å². The minimum absolute atomic E-state index is 0.00348. The predicted molar refractivity (Wildman–Crippen MR) is 338 cm³/mol. The third-order valence-corrected chi connectivity index (χ3v) is 30.8. The van der Waals surface area contributed by atoms with Gasteiger partial charge < -0.3 is 79.7 Å². The number of hydrogen-bond donors (Lipinski definition) is 0. The minimum Gasteiger partial charge on any atom is -0.377 e. The van der Waals surface area contributed by atoms with E-state index >= 15 is 0 Å². The molecule has 3 heterocycles. The molecule has 0 aliphatic carbocycles. The summed E-state index contributed by atoms with van der Waals surface area (Å²) in [5.41, 5.74) is -6.78. The zero-order valence-corrected chi connectivity index (χ0v) is 61.0. The van der Waals surface area contributed by atoms with Crippen LogP contribution in [0.1, 0.15) is 0 Å². The molecular weight excluding hydrogens is 1300 g/mol. The minimum atomic E-state index is -3.13. The largest absolute Gasteiger partial charge is 0.501 e. The summed E-state index contributed by atoms with van der Waals surface area (Å²) in [6.07, 6.45) is 4.22. The molecule has 0 radical (unpaired) electrons. The number of allylic oxidation sites excluding steroid dienone is 3. The Bertz CT molecular complexity index is 2980.